The van der Waals surface area contributed by atoms with Crippen LogP contribution in [0.25, 0.3) is 0 Å². The molecule has 4 rings (SSSR count). The van der Waals surface area contributed by atoms with Gasteiger partial charge in [0.25, 0.3) is 5.91 Å². The Kier molecular flexibility index (Phi) is 6.55. The Hall–Kier alpha value is -2.42. The summed E-state index contributed by atoms with van der Waals surface area (Å²) in [4.78, 5) is 27.3. The Morgan fingerprint density at radius 2 is 1.75 bits per heavy atom. The number of para-hydroxylation sites is 1. The molecule has 7 nitrogen and oxygen atoms in total. The van der Waals surface area contributed by atoms with E-state index in [-0.39, 0.29) is 21.4 Å². The quantitative estimate of drug-likeness (QED) is 0.615. The van der Waals surface area contributed by atoms with E-state index in [1.165, 1.54) is 29.4 Å². The second kappa shape index (κ2) is 9.21. The normalized spacial score (nSPS) is 17.6. The zero-order chi connectivity index (χ0) is 22.9. The molecule has 0 bridgehead atoms. The Balaban J connectivity index is 1.51. The van der Waals surface area contributed by atoms with Crippen molar-refractivity contribution in [3.8, 4) is 0 Å². The molecule has 9 heteroatoms. The van der Waals surface area contributed by atoms with Crippen molar-refractivity contribution < 1.29 is 22.7 Å². The molecule has 1 atom stereocenters. The first-order valence-corrected chi connectivity index (χ1v) is 12.5. The zero-order valence-electron chi connectivity index (χ0n) is 17.8. The lowest BCUT2D eigenvalue weighted by molar-refractivity contribution is -0.126. The van der Waals surface area contributed by atoms with Crippen molar-refractivity contribution in [3.05, 3.63) is 58.6 Å². The average molecular weight is 477 g/mol. The molecule has 0 aliphatic carbocycles. The van der Waals surface area contributed by atoms with E-state index in [2.05, 4.69) is 0 Å². The van der Waals surface area contributed by atoms with Gasteiger partial charge in [-0.25, -0.2) is 13.2 Å². The number of halogens is 1. The van der Waals surface area contributed by atoms with Gasteiger partial charge in [0.05, 0.1) is 10.6 Å². The van der Waals surface area contributed by atoms with Gasteiger partial charge in [-0.3, -0.25) is 4.79 Å². The fraction of sp³-hybridized carbons (Fsp3) is 0.391. The molecule has 1 amide bonds. The number of nitrogens with zero attached hydrogens (tertiary/aromatic N) is 2. The van der Waals surface area contributed by atoms with Crippen molar-refractivity contribution in [1.82, 2.24) is 4.31 Å². The summed E-state index contributed by atoms with van der Waals surface area (Å²) in [6.45, 7) is 2.93. The van der Waals surface area contributed by atoms with E-state index >= 15 is 0 Å². The highest BCUT2D eigenvalue weighted by atomic mass is 35.5. The summed E-state index contributed by atoms with van der Waals surface area (Å²) in [7, 11) is -3.80. The molecule has 1 saturated heterocycles. The minimum Gasteiger partial charge on any atom is -0.449 e. The minimum atomic E-state index is -3.80. The van der Waals surface area contributed by atoms with Gasteiger partial charge >= 0.3 is 5.97 Å². The van der Waals surface area contributed by atoms with E-state index in [1.807, 2.05) is 24.3 Å². The number of sulfonamides is 1. The van der Waals surface area contributed by atoms with Gasteiger partial charge in [-0.1, -0.05) is 29.8 Å². The van der Waals surface area contributed by atoms with Gasteiger partial charge in [0.15, 0.2) is 6.10 Å². The Bertz CT molecular complexity index is 1140. The van der Waals surface area contributed by atoms with Gasteiger partial charge in [-0.2, -0.15) is 4.31 Å². The molecule has 1 fully saturated rings. The molecule has 0 aromatic heterocycles. The number of amides is 1. The second-order valence-electron chi connectivity index (χ2n) is 8.03. The Morgan fingerprint density at radius 3 is 2.50 bits per heavy atom. The van der Waals surface area contributed by atoms with Crippen LogP contribution >= 0.6 is 11.6 Å². The standard InChI is InChI=1S/C23H25ClN2O5S/c1-16(22(27)26-14-6-8-17-7-2-3-9-20(17)26)31-23(28)18-10-11-19(24)21(15-18)32(29,30)25-12-4-5-13-25/h2-3,7,9-11,15-16H,4-6,8,12-14H2,1H3. The van der Waals surface area contributed by atoms with Gasteiger partial charge in [0.1, 0.15) is 4.90 Å². The fourth-order valence-electron chi connectivity index (χ4n) is 4.16. The maximum Gasteiger partial charge on any atom is 0.338 e. The van der Waals surface area contributed by atoms with Crippen LogP contribution in [0.2, 0.25) is 5.02 Å². The lowest BCUT2D eigenvalue weighted by Gasteiger charge is -2.31. The number of carbonyl (C=O) groups excluding carboxylic acids is 2. The van der Waals surface area contributed by atoms with Crippen molar-refractivity contribution in [1.29, 1.82) is 0 Å². The van der Waals surface area contributed by atoms with Crippen LogP contribution in [0.4, 0.5) is 5.69 Å². The molecule has 0 spiro atoms. The molecule has 2 aliphatic rings. The smallest absolute Gasteiger partial charge is 0.338 e. The monoisotopic (exact) mass is 476 g/mol. The minimum absolute atomic E-state index is 0.0332. The van der Waals surface area contributed by atoms with Crippen molar-refractivity contribution in [2.45, 2.75) is 43.6 Å². The highest BCUT2D eigenvalue weighted by Gasteiger charge is 2.31. The summed E-state index contributed by atoms with van der Waals surface area (Å²) in [5.41, 5.74) is 1.95. The number of esters is 1. The molecular formula is C23H25ClN2O5S. The number of benzene rings is 2. The number of hydrogen-bond donors (Lipinski definition) is 0. The summed E-state index contributed by atoms with van der Waals surface area (Å²) in [5.74, 6) is -1.09. The van der Waals surface area contributed by atoms with Gasteiger partial charge in [-0.15, -0.1) is 0 Å². The molecule has 2 aliphatic heterocycles. The van der Waals surface area contributed by atoms with E-state index in [0.29, 0.717) is 19.6 Å². The number of hydrogen-bond acceptors (Lipinski definition) is 5. The number of carbonyl (C=O) groups is 2. The highest BCUT2D eigenvalue weighted by Crippen LogP contribution is 2.30. The third kappa shape index (κ3) is 4.40. The van der Waals surface area contributed by atoms with Crippen LogP contribution in [0.3, 0.4) is 0 Å². The summed E-state index contributed by atoms with van der Waals surface area (Å²) in [6, 6.07) is 11.7. The van der Waals surface area contributed by atoms with E-state index in [0.717, 1.165) is 36.9 Å². The zero-order valence-corrected chi connectivity index (χ0v) is 19.4. The van der Waals surface area contributed by atoms with Crippen LogP contribution in [-0.2, 0) is 26.0 Å². The Morgan fingerprint density at radius 1 is 1.03 bits per heavy atom. The number of ether oxygens (including phenoxy) is 1. The van der Waals surface area contributed by atoms with Crippen LogP contribution in [0.1, 0.15) is 42.1 Å². The molecule has 170 valence electrons. The first-order chi connectivity index (χ1) is 15.3. The first-order valence-electron chi connectivity index (χ1n) is 10.7. The maximum absolute atomic E-state index is 13.0. The first kappa shape index (κ1) is 22.8. The van der Waals surface area contributed by atoms with Crippen LogP contribution < -0.4 is 4.90 Å². The molecule has 0 radical (unpaired) electrons. The second-order valence-corrected chi connectivity index (χ2v) is 10.3. The highest BCUT2D eigenvalue weighted by molar-refractivity contribution is 7.89. The maximum atomic E-state index is 13.0. The van der Waals surface area contributed by atoms with Crippen LogP contribution in [0, 0.1) is 0 Å². The predicted octanol–water partition coefficient (Wildman–Crippen LogP) is 3.65. The third-order valence-electron chi connectivity index (χ3n) is 5.86. The SMILES string of the molecule is CC(OC(=O)c1ccc(Cl)c(S(=O)(=O)N2CCCC2)c1)C(=O)N1CCCc2ccccc21. The fourth-order valence-corrected chi connectivity index (χ4v) is 6.17. The number of fused-ring (bicyclic) bond motifs is 1. The summed E-state index contributed by atoms with van der Waals surface area (Å²) in [6.07, 6.45) is 2.28. The van der Waals surface area contributed by atoms with Gasteiger partial charge in [0, 0.05) is 25.3 Å². The predicted molar refractivity (Wildman–Crippen MR) is 121 cm³/mol. The molecule has 2 aromatic carbocycles. The van der Waals surface area contributed by atoms with Gasteiger partial charge < -0.3 is 9.64 Å². The molecule has 0 N–H and O–H groups in total. The van der Waals surface area contributed by atoms with Crippen LogP contribution in [-0.4, -0.2) is 50.3 Å². The molecular weight excluding hydrogens is 452 g/mol. The van der Waals surface area contributed by atoms with E-state index < -0.39 is 22.1 Å². The summed E-state index contributed by atoms with van der Waals surface area (Å²) in [5, 5.41) is 0.0440. The van der Waals surface area contributed by atoms with E-state index in [4.69, 9.17) is 16.3 Å². The van der Waals surface area contributed by atoms with Crippen LogP contribution in [0.15, 0.2) is 47.4 Å². The lowest BCUT2D eigenvalue weighted by atomic mass is 10.0. The molecule has 1 unspecified atom stereocenters. The van der Waals surface area contributed by atoms with Crippen molar-refractivity contribution in [2.24, 2.45) is 0 Å². The lowest BCUT2D eigenvalue weighted by Crippen LogP contribution is -2.42. The van der Waals surface area contributed by atoms with Crippen molar-refractivity contribution in [2.75, 3.05) is 24.5 Å². The largest absolute Gasteiger partial charge is 0.449 e. The number of anilines is 1. The number of aryl methyl sites for hydroxylation is 1. The average Bonchev–Trinajstić information content (AvgIpc) is 3.34. The van der Waals surface area contributed by atoms with Gasteiger partial charge in [0.2, 0.25) is 10.0 Å². The van der Waals surface area contributed by atoms with E-state index in [1.54, 1.807) is 4.90 Å². The van der Waals surface area contributed by atoms with Crippen LogP contribution in [0.5, 0.6) is 0 Å². The Labute approximate surface area is 193 Å². The summed E-state index contributed by atoms with van der Waals surface area (Å²) < 4.78 is 32.6. The molecule has 2 aromatic rings. The molecule has 2 heterocycles. The van der Waals surface area contributed by atoms with Crippen molar-refractivity contribution in [3.63, 3.8) is 0 Å². The third-order valence-corrected chi connectivity index (χ3v) is 8.24. The van der Waals surface area contributed by atoms with Gasteiger partial charge in [-0.05, 0) is 62.4 Å². The van der Waals surface area contributed by atoms with Crippen molar-refractivity contribution >= 4 is 39.2 Å². The topological polar surface area (TPSA) is 84.0 Å². The van der Waals surface area contributed by atoms with E-state index in [9.17, 15) is 18.0 Å². The summed E-state index contributed by atoms with van der Waals surface area (Å²) >= 11 is 6.15. The number of rotatable bonds is 5. The molecule has 0 saturated carbocycles. The molecule has 32 heavy (non-hydrogen) atoms.